The van der Waals surface area contributed by atoms with E-state index in [-0.39, 0.29) is 5.56 Å². The minimum Gasteiger partial charge on any atom is -0.478 e. The number of rotatable bonds is 2. The zero-order chi connectivity index (χ0) is 12.3. The van der Waals surface area contributed by atoms with E-state index >= 15 is 0 Å². The Morgan fingerprint density at radius 1 is 1.47 bits per heavy atom. The molecule has 0 unspecified atom stereocenters. The topological polar surface area (TPSA) is 68.5 Å². The van der Waals surface area contributed by atoms with Crippen LogP contribution in [0.1, 0.15) is 44.6 Å². The molecule has 3 rings (SSSR count). The summed E-state index contributed by atoms with van der Waals surface area (Å²) in [7, 11) is 1.32. The fraction of sp³-hybridized carbons (Fsp3) is 0.500. The first-order chi connectivity index (χ1) is 8.06. The summed E-state index contributed by atoms with van der Waals surface area (Å²) < 4.78 is 6.63. The van der Waals surface area contributed by atoms with Gasteiger partial charge in [-0.2, -0.15) is 0 Å². The molecule has 5 nitrogen and oxygen atoms in total. The summed E-state index contributed by atoms with van der Waals surface area (Å²) in [5, 5.41) is 9.23. The highest BCUT2D eigenvalue weighted by atomic mass is 16.5. The Kier molecular flexibility index (Phi) is 1.91. The first-order valence-electron chi connectivity index (χ1n) is 5.61. The second kappa shape index (κ2) is 3.12. The zero-order valence-corrected chi connectivity index (χ0v) is 9.69. The third-order valence-electron chi connectivity index (χ3n) is 3.82. The van der Waals surface area contributed by atoms with Gasteiger partial charge in [-0.15, -0.1) is 0 Å². The van der Waals surface area contributed by atoms with Crippen molar-refractivity contribution < 1.29 is 19.4 Å². The lowest BCUT2D eigenvalue weighted by Gasteiger charge is -2.06. The minimum atomic E-state index is -0.956. The number of nitrogens with zero attached hydrogens (tertiary/aromatic N) is 1. The van der Waals surface area contributed by atoms with Crippen molar-refractivity contribution in [2.75, 3.05) is 7.11 Å². The molecule has 0 amide bonds. The first kappa shape index (κ1) is 10.4. The van der Waals surface area contributed by atoms with Crippen LogP contribution >= 0.6 is 0 Å². The zero-order valence-electron chi connectivity index (χ0n) is 9.69. The summed E-state index contributed by atoms with van der Waals surface area (Å²) in [6, 6.07) is 0.311. The molecule has 2 heterocycles. The molecule has 1 aromatic rings. The lowest BCUT2D eigenvalue weighted by atomic mass is 10.1. The van der Waals surface area contributed by atoms with Crippen molar-refractivity contribution in [1.29, 1.82) is 0 Å². The highest BCUT2D eigenvalue weighted by Gasteiger charge is 2.50. The lowest BCUT2D eigenvalue weighted by molar-refractivity contribution is 0.0587. The van der Waals surface area contributed by atoms with Crippen molar-refractivity contribution in [2.45, 2.75) is 25.8 Å². The second-order valence-electron chi connectivity index (χ2n) is 4.73. The largest absolute Gasteiger partial charge is 0.478 e. The van der Waals surface area contributed by atoms with Gasteiger partial charge in [0.1, 0.15) is 5.69 Å². The summed E-state index contributed by atoms with van der Waals surface area (Å²) in [6.45, 7) is 1.68. The summed E-state index contributed by atoms with van der Waals surface area (Å²) in [6.07, 6.45) is 1.81. The van der Waals surface area contributed by atoms with Crippen LogP contribution < -0.4 is 0 Å². The van der Waals surface area contributed by atoms with E-state index in [0.29, 0.717) is 23.2 Å². The van der Waals surface area contributed by atoms with Gasteiger partial charge in [0, 0.05) is 11.7 Å². The highest BCUT2D eigenvalue weighted by Crippen LogP contribution is 2.54. The highest BCUT2D eigenvalue weighted by molar-refractivity contribution is 5.98. The first-order valence-corrected chi connectivity index (χ1v) is 5.61. The second-order valence-corrected chi connectivity index (χ2v) is 4.73. The SMILES string of the molecule is COC(=O)c1c(C)c(C(=O)O)c2n1[C@@H]1C[C@@H]1C2. The number of aromatic nitrogens is 1. The molecule has 1 saturated carbocycles. The fourth-order valence-electron chi connectivity index (χ4n) is 2.98. The third-order valence-corrected chi connectivity index (χ3v) is 3.82. The smallest absolute Gasteiger partial charge is 0.354 e. The number of ether oxygens (including phenoxy) is 1. The van der Waals surface area contributed by atoms with Crippen molar-refractivity contribution >= 4 is 11.9 Å². The molecule has 1 fully saturated rings. The normalized spacial score (nSPS) is 24.1. The standard InChI is InChI=1S/C12H13NO4/c1-5-9(11(14)15)8-4-6-3-7(6)13(8)10(5)12(16)17-2/h6-7H,3-4H2,1-2H3,(H,14,15)/t6-,7-/m1/s1. The van der Waals surface area contributed by atoms with E-state index in [0.717, 1.165) is 18.5 Å². The average Bonchev–Trinajstić information content (AvgIpc) is 2.84. The van der Waals surface area contributed by atoms with Crippen LogP contribution in [0.3, 0.4) is 0 Å². The molecular formula is C12H13NO4. The maximum atomic E-state index is 11.8. The van der Waals surface area contributed by atoms with Crippen molar-refractivity contribution in [3.8, 4) is 0 Å². The molecule has 17 heavy (non-hydrogen) atoms. The van der Waals surface area contributed by atoms with Crippen molar-refractivity contribution in [3.05, 3.63) is 22.5 Å². The van der Waals surface area contributed by atoms with Crippen LogP contribution in [0.15, 0.2) is 0 Å². The maximum absolute atomic E-state index is 11.8. The van der Waals surface area contributed by atoms with Crippen LogP contribution in [0, 0.1) is 12.8 Å². The van der Waals surface area contributed by atoms with E-state index in [1.54, 1.807) is 6.92 Å². The molecule has 5 heteroatoms. The maximum Gasteiger partial charge on any atom is 0.354 e. The summed E-state index contributed by atoms with van der Waals surface area (Å²) in [5.74, 6) is -0.876. The molecular weight excluding hydrogens is 222 g/mol. The van der Waals surface area contributed by atoms with Crippen LogP contribution in [0.5, 0.6) is 0 Å². The molecule has 0 aromatic carbocycles. The van der Waals surface area contributed by atoms with E-state index in [1.165, 1.54) is 7.11 Å². The van der Waals surface area contributed by atoms with Crippen LogP contribution in [0.2, 0.25) is 0 Å². The number of hydrogen-bond donors (Lipinski definition) is 1. The summed E-state index contributed by atoms with van der Waals surface area (Å²) >= 11 is 0. The molecule has 1 N–H and O–H groups in total. The molecule has 0 radical (unpaired) electrons. The van der Waals surface area contributed by atoms with E-state index in [9.17, 15) is 14.7 Å². The summed E-state index contributed by atoms with van der Waals surface area (Å²) in [5.41, 5.74) is 2.03. The Hall–Kier alpha value is -1.78. The number of carboxylic acid groups (broad SMARTS) is 1. The molecule has 0 spiro atoms. The molecule has 1 aromatic heterocycles. The fourth-order valence-corrected chi connectivity index (χ4v) is 2.98. The van der Waals surface area contributed by atoms with Crippen LogP contribution in [0.25, 0.3) is 0 Å². The van der Waals surface area contributed by atoms with Crippen LogP contribution in [0.4, 0.5) is 0 Å². The van der Waals surface area contributed by atoms with E-state index in [1.807, 2.05) is 4.57 Å². The molecule has 2 aliphatic rings. The summed E-state index contributed by atoms with van der Waals surface area (Å²) in [4.78, 5) is 23.0. The Morgan fingerprint density at radius 3 is 2.76 bits per heavy atom. The van der Waals surface area contributed by atoms with E-state index in [2.05, 4.69) is 0 Å². The Balaban J connectivity index is 2.25. The average molecular weight is 235 g/mol. The number of hydrogen-bond acceptors (Lipinski definition) is 3. The van der Waals surface area contributed by atoms with E-state index in [4.69, 9.17) is 4.74 Å². The van der Waals surface area contributed by atoms with Gasteiger partial charge in [0.2, 0.25) is 0 Å². The molecule has 1 aliphatic heterocycles. The number of aromatic carboxylic acids is 1. The number of carboxylic acids is 1. The van der Waals surface area contributed by atoms with Crippen LogP contribution in [-0.4, -0.2) is 28.7 Å². The Morgan fingerprint density at radius 2 is 2.18 bits per heavy atom. The molecule has 90 valence electrons. The quantitative estimate of drug-likeness (QED) is 0.787. The molecule has 1 aliphatic carbocycles. The van der Waals surface area contributed by atoms with Gasteiger partial charge < -0.3 is 14.4 Å². The van der Waals surface area contributed by atoms with Gasteiger partial charge in [0.15, 0.2) is 0 Å². The number of carbonyl (C=O) groups excluding carboxylic acids is 1. The number of carbonyl (C=O) groups is 2. The van der Waals surface area contributed by atoms with E-state index < -0.39 is 11.9 Å². The molecule has 0 saturated heterocycles. The van der Waals surface area contributed by atoms with Gasteiger partial charge in [0.05, 0.1) is 12.7 Å². The lowest BCUT2D eigenvalue weighted by Crippen LogP contribution is -2.10. The van der Waals surface area contributed by atoms with Gasteiger partial charge in [0.25, 0.3) is 0 Å². The van der Waals surface area contributed by atoms with Gasteiger partial charge in [-0.05, 0) is 31.2 Å². The van der Waals surface area contributed by atoms with Crippen LogP contribution in [-0.2, 0) is 11.2 Å². The molecule has 0 bridgehead atoms. The van der Waals surface area contributed by atoms with Gasteiger partial charge in [-0.3, -0.25) is 0 Å². The van der Waals surface area contributed by atoms with Gasteiger partial charge >= 0.3 is 11.9 Å². The predicted molar refractivity (Wildman–Crippen MR) is 58.3 cm³/mol. The van der Waals surface area contributed by atoms with Gasteiger partial charge in [-0.1, -0.05) is 0 Å². The van der Waals surface area contributed by atoms with Crippen molar-refractivity contribution in [3.63, 3.8) is 0 Å². The van der Waals surface area contributed by atoms with Crippen molar-refractivity contribution in [2.24, 2.45) is 5.92 Å². The molecule has 2 atom stereocenters. The Labute approximate surface area is 98.0 Å². The Bertz CT molecular complexity index is 543. The number of esters is 1. The minimum absolute atomic E-state index is 0.289. The third kappa shape index (κ3) is 1.19. The van der Waals surface area contributed by atoms with Gasteiger partial charge in [-0.25, -0.2) is 9.59 Å². The number of methoxy groups -OCH3 is 1. The predicted octanol–water partition coefficient (Wildman–Crippen LogP) is 1.40. The van der Waals surface area contributed by atoms with Crippen molar-refractivity contribution in [1.82, 2.24) is 4.57 Å². The number of fused-ring (bicyclic) bond motifs is 3. The monoisotopic (exact) mass is 235 g/mol.